The molecule has 2 aromatic rings. The molecule has 0 bridgehead atoms. The molecule has 2 aromatic carbocycles. The molecule has 0 radical (unpaired) electrons. The van der Waals surface area contributed by atoms with Crippen molar-refractivity contribution in [2.75, 3.05) is 0 Å². The number of benzene rings is 2. The van der Waals surface area contributed by atoms with Crippen LogP contribution < -0.4 is 0 Å². The smallest absolute Gasteiger partial charge is 0.0398 e. The molecule has 16 heavy (non-hydrogen) atoms. The van der Waals surface area contributed by atoms with Gasteiger partial charge in [-0.05, 0) is 62.4 Å². The van der Waals surface area contributed by atoms with E-state index < -0.39 is 0 Å². The Morgan fingerprint density at radius 3 is 2.00 bits per heavy atom. The number of aryl methyl sites for hydroxylation is 2. The molecule has 0 saturated carbocycles. The SMILES string of the molecule is Cc1ccc(-c2ccc(C)c(Br)c2Br)cc1. The third-order valence-corrected chi connectivity index (χ3v) is 5.02. The fourth-order valence-corrected chi connectivity index (χ4v) is 2.62. The molecular weight excluding hydrogens is 328 g/mol. The molecule has 0 aliphatic carbocycles. The lowest BCUT2D eigenvalue weighted by Gasteiger charge is -2.09. The molecule has 0 atom stereocenters. The van der Waals surface area contributed by atoms with Gasteiger partial charge in [0.05, 0.1) is 0 Å². The highest BCUT2D eigenvalue weighted by Crippen LogP contribution is 2.36. The maximum absolute atomic E-state index is 3.64. The summed E-state index contributed by atoms with van der Waals surface area (Å²) in [4.78, 5) is 0. The first-order valence-electron chi connectivity index (χ1n) is 5.11. The molecule has 0 aliphatic rings. The van der Waals surface area contributed by atoms with Gasteiger partial charge in [0.1, 0.15) is 0 Å². The van der Waals surface area contributed by atoms with E-state index in [0.29, 0.717) is 0 Å². The van der Waals surface area contributed by atoms with Crippen molar-refractivity contribution < 1.29 is 0 Å². The normalized spacial score (nSPS) is 10.5. The van der Waals surface area contributed by atoms with Gasteiger partial charge in [0.15, 0.2) is 0 Å². The van der Waals surface area contributed by atoms with Gasteiger partial charge in [-0.25, -0.2) is 0 Å². The Morgan fingerprint density at radius 1 is 0.750 bits per heavy atom. The Balaban J connectivity index is 2.57. The maximum Gasteiger partial charge on any atom is 0.0398 e. The Hall–Kier alpha value is -0.600. The van der Waals surface area contributed by atoms with Gasteiger partial charge in [0, 0.05) is 8.95 Å². The predicted octanol–water partition coefficient (Wildman–Crippen LogP) is 5.50. The van der Waals surface area contributed by atoms with Gasteiger partial charge < -0.3 is 0 Å². The van der Waals surface area contributed by atoms with Crippen molar-refractivity contribution in [1.82, 2.24) is 0 Å². The molecule has 82 valence electrons. The lowest BCUT2D eigenvalue weighted by Crippen LogP contribution is -1.84. The van der Waals surface area contributed by atoms with Crippen LogP contribution in [0.1, 0.15) is 11.1 Å². The summed E-state index contributed by atoms with van der Waals surface area (Å²) in [5.74, 6) is 0. The highest BCUT2D eigenvalue weighted by molar-refractivity contribution is 9.13. The summed E-state index contributed by atoms with van der Waals surface area (Å²) in [6, 6.07) is 12.8. The molecule has 0 fully saturated rings. The van der Waals surface area contributed by atoms with Crippen molar-refractivity contribution >= 4 is 31.9 Å². The highest BCUT2D eigenvalue weighted by atomic mass is 79.9. The summed E-state index contributed by atoms with van der Waals surface area (Å²) in [5.41, 5.74) is 4.98. The average molecular weight is 340 g/mol. The van der Waals surface area contributed by atoms with E-state index in [0.717, 1.165) is 8.95 Å². The predicted molar refractivity (Wildman–Crippen MR) is 76.8 cm³/mol. The topological polar surface area (TPSA) is 0 Å². The minimum atomic E-state index is 1.12. The molecule has 2 heteroatoms. The minimum Gasteiger partial charge on any atom is -0.0587 e. The van der Waals surface area contributed by atoms with Crippen LogP contribution in [-0.4, -0.2) is 0 Å². The molecule has 0 nitrogen and oxygen atoms in total. The lowest BCUT2D eigenvalue weighted by molar-refractivity contribution is 1.40. The average Bonchev–Trinajstić information content (AvgIpc) is 2.28. The van der Waals surface area contributed by atoms with Crippen molar-refractivity contribution in [3.8, 4) is 11.1 Å². The van der Waals surface area contributed by atoms with Gasteiger partial charge in [0.25, 0.3) is 0 Å². The molecule has 0 amide bonds. The van der Waals surface area contributed by atoms with Crippen molar-refractivity contribution in [2.24, 2.45) is 0 Å². The van der Waals surface area contributed by atoms with Crippen LogP contribution in [0.25, 0.3) is 11.1 Å². The van der Waals surface area contributed by atoms with E-state index in [1.807, 2.05) is 0 Å². The van der Waals surface area contributed by atoms with Crippen LogP contribution in [0.4, 0.5) is 0 Å². The van der Waals surface area contributed by atoms with Crippen molar-refractivity contribution in [2.45, 2.75) is 13.8 Å². The second-order valence-electron chi connectivity index (χ2n) is 3.92. The zero-order valence-electron chi connectivity index (χ0n) is 9.22. The molecular formula is C14H12Br2. The first-order valence-corrected chi connectivity index (χ1v) is 6.70. The van der Waals surface area contributed by atoms with E-state index in [2.05, 4.69) is 82.1 Å². The largest absolute Gasteiger partial charge is 0.0587 e. The molecule has 0 aromatic heterocycles. The zero-order chi connectivity index (χ0) is 11.7. The number of halogens is 2. The van der Waals surface area contributed by atoms with Crippen molar-refractivity contribution in [1.29, 1.82) is 0 Å². The van der Waals surface area contributed by atoms with Gasteiger partial charge in [-0.15, -0.1) is 0 Å². The zero-order valence-corrected chi connectivity index (χ0v) is 12.4. The van der Waals surface area contributed by atoms with E-state index in [4.69, 9.17) is 0 Å². The van der Waals surface area contributed by atoms with Crippen LogP contribution in [0.5, 0.6) is 0 Å². The van der Waals surface area contributed by atoms with Crippen molar-refractivity contribution in [3.63, 3.8) is 0 Å². The van der Waals surface area contributed by atoms with Crippen LogP contribution >= 0.6 is 31.9 Å². The number of hydrogen-bond donors (Lipinski definition) is 0. The molecule has 0 heterocycles. The molecule has 0 aliphatic heterocycles. The van der Waals surface area contributed by atoms with E-state index in [9.17, 15) is 0 Å². The molecule has 0 saturated heterocycles. The highest BCUT2D eigenvalue weighted by Gasteiger charge is 2.07. The van der Waals surface area contributed by atoms with E-state index in [1.165, 1.54) is 22.3 Å². The monoisotopic (exact) mass is 338 g/mol. The van der Waals surface area contributed by atoms with E-state index in [1.54, 1.807) is 0 Å². The second kappa shape index (κ2) is 4.72. The Kier molecular flexibility index (Phi) is 3.50. The summed E-state index contributed by atoms with van der Waals surface area (Å²) in [7, 11) is 0. The first-order chi connectivity index (χ1) is 7.59. The summed E-state index contributed by atoms with van der Waals surface area (Å²) >= 11 is 7.23. The molecule has 0 spiro atoms. The van der Waals surface area contributed by atoms with Crippen molar-refractivity contribution in [3.05, 3.63) is 56.5 Å². The van der Waals surface area contributed by atoms with Gasteiger partial charge in [0.2, 0.25) is 0 Å². The van der Waals surface area contributed by atoms with Crippen LogP contribution in [0, 0.1) is 13.8 Å². The van der Waals surface area contributed by atoms with E-state index in [-0.39, 0.29) is 0 Å². The molecule has 0 N–H and O–H groups in total. The summed E-state index contributed by atoms with van der Waals surface area (Å²) < 4.78 is 2.25. The number of hydrogen-bond acceptors (Lipinski definition) is 0. The van der Waals surface area contributed by atoms with Gasteiger partial charge in [-0.2, -0.15) is 0 Å². The van der Waals surface area contributed by atoms with Crippen LogP contribution in [0.2, 0.25) is 0 Å². The van der Waals surface area contributed by atoms with Gasteiger partial charge in [-0.3, -0.25) is 0 Å². The molecule has 0 unspecified atom stereocenters. The summed E-state index contributed by atoms with van der Waals surface area (Å²) in [6.07, 6.45) is 0. The minimum absolute atomic E-state index is 1.12. The Bertz CT molecular complexity index is 513. The maximum atomic E-state index is 3.64. The van der Waals surface area contributed by atoms with Gasteiger partial charge >= 0.3 is 0 Å². The number of rotatable bonds is 1. The lowest BCUT2D eigenvalue weighted by atomic mass is 10.0. The molecule has 2 rings (SSSR count). The fraction of sp³-hybridized carbons (Fsp3) is 0.143. The standard InChI is InChI=1S/C14H12Br2/c1-9-3-6-11(7-4-9)12-8-5-10(2)13(15)14(12)16/h3-8H,1-2H3. The van der Waals surface area contributed by atoms with Crippen LogP contribution in [-0.2, 0) is 0 Å². The quantitative estimate of drug-likeness (QED) is 0.644. The Labute approximate surface area is 113 Å². The third kappa shape index (κ3) is 2.23. The fourth-order valence-electron chi connectivity index (χ4n) is 1.60. The van der Waals surface area contributed by atoms with Crippen LogP contribution in [0.3, 0.4) is 0 Å². The first kappa shape index (κ1) is 11.9. The van der Waals surface area contributed by atoms with E-state index >= 15 is 0 Å². The van der Waals surface area contributed by atoms with Crippen LogP contribution in [0.15, 0.2) is 45.3 Å². The summed E-state index contributed by atoms with van der Waals surface area (Å²) in [6.45, 7) is 4.19. The van der Waals surface area contributed by atoms with Gasteiger partial charge in [-0.1, -0.05) is 42.0 Å². The third-order valence-electron chi connectivity index (χ3n) is 2.64. The Morgan fingerprint density at radius 2 is 1.38 bits per heavy atom. The summed E-state index contributed by atoms with van der Waals surface area (Å²) in [5, 5.41) is 0. The second-order valence-corrected chi connectivity index (χ2v) is 5.51.